The summed E-state index contributed by atoms with van der Waals surface area (Å²) >= 11 is 0. The van der Waals surface area contributed by atoms with Crippen molar-refractivity contribution in [1.29, 1.82) is 0 Å². The first kappa shape index (κ1) is 14.7. The van der Waals surface area contributed by atoms with Gasteiger partial charge in [-0.05, 0) is 43.0 Å². The van der Waals surface area contributed by atoms with Crippen molar-refractivity contribution in [3.8, 4) is 5.75 Å². The summed E-state index contributed by atoms with van der Waals surface area (Å²) in [6, 6.07) is 5.75. The molecule has 18 heavy (non-hydrogen) atoms. The Bertz CT molecular complexity index is 394. The summed E-state index contributed by atoms with van der Waals surface area (Å²) < 4.78 is 5.65. The van der Waals surface area contributed by atoms with Gasteiger partial charge in [-0.15, -0.1) is 0 Å². The third-order valence-corrected chi connectivity index (χ3v) is 2.84. The molecule has 0 fully saturated rings. The lowest BCUT2D eigenvalue weighted by atomic mass is 10.0. The van der Waals surface area contributed by atoms with Crippen LogP contribution in [0.25, 0.3) is 0 Å². The van der Waals surface area contributed by atoms with Crippen molar-refractivity contribution < 1.29 is 9.53 Å². The van der Waals surface area contributed by atoms with Gasteiger partial charge in [-0.2, -0.15) is 0 Å². The second kappa shape index (κ2) is 7.20. The molecule has 0 aliphatic rings. The normalized spacial score (nSPS) is 10.7. The van der Waals surface area contributed by atoms with E-state index in [1.54, 1.807) is 0 Å². The molecule has 0 bridgehead atoms. The highest BCUT2D eigenvalue weighted by Gasteiger charge is 2.09. The van der Waals surface area contributed by atoms with Gasteiger partial charge in [-0.3, -0.25) is 4.79 Å². The quantitative estimate of drug-likeness (QED) is 0.668. The minimum absolute atomic E-state index is 0.241. The molecular weight excluding hydrogens is 224 g/mol. The van der Waals surface area contributed by atoms with E-state index >= 15 is 0 Å². The predicted octanol–water partition coefficient (Wildman–Crippen LogP) is 4.40. The number of rotatable bonds is 7. The van der Waals surface area contributed by atoms with E-state index in [-0.39, 0.29) is 5.78 Å². The van der Waals surface area contributed by atoms with Crippen molar-refractivity contribution in [2.75, 3.05) is 6.61 Å². The minimum Gasteiger partial charge on any atom is -0.493 e. The molecule has 0 heterocycles. The summed E-state index contributed by atoms with van der Waals surface area (Å²) in [7, 11) is 0. The molecule has 0 spiro atoms. The summed E-state index contributed by atoms with van der Waals surface area (Å²) in [6.45, 7) is 9.03. The predicted molar refractivity (Wildman–Crippen MR) is 75.4 cm³/mol. The summed E-state index contributed by atoms with van der Waals surface area (Å²) in [5.74, 6) is 1.61. The fourth-order valence-corrected chi connectivity index (χ4v) is 1.77. The molecule has 0 aliphatic heterocycles. The second-order valence-corrected chi connectivity index (χ2v) is 5.21. The standard InChI is InChI=1S/C16H24O2/c1-5-6-7-16(17)15-9-8-14(10-13(15)4)18-11-12(2)3/h8-10,12H,5-7,11H2,1-4H3. The highest BCUT2D eigenvalue weighted by molar-refractivity contribution is 5.97. The van der Waals surface area contributed by atoms with Gasteiger partial charge in [0.1, 0.15) is 5.75 Å². The largest absolute Gasteiger partial charge is 0.493 e. The number of benzene rings is 1. The Morgan fingerprint density at radius 3 is 2.61 bits per heavy atom. The summed E-state index contributed by atoms with van der Waals surface area (Å²) in [5, 5.41) is 0. The van der Waals surface area contributed by atoms with Crippen molar-refractivity contribution in [2.45, 2.75) is 47.0 Å². The van der Waals surface area contributed by atoms with Crippen LogP contribution in [0.3, 0.4) is 0 Å². The van der Waals surface area contributed by atoms with Crippen LogP contribution in [-0.4, -0.2) is 12.4 Å². The van der Waals surface area contributed by atoms with Crippen LogP contribution >= 0.6 is 0 Å². The molecule has 0 atom stereocenters. The number of ether oxygens (including phenoxy) is 1. The number of hydrogen-bond donors (Lipinski definition) is 0. The fraction of sp³-hybridized carbons (Fsp3) is 0.562. The third kappa shape index (κ3) is 4.52. The Balaban J connectivity index is 2.70. The van der Waals surface area contributed by atoms with E-state index in [4.69, 9.17) is 4.74 Å². The van der Waals surface area contributed by atoms with Crippen molar-refractivity contribution >= 4 is 5.78 Å². The van der Waals surface area contributed by atoms with Crippen molar-refractivity contribution in [1.82, 2.24) is 0 Å². The van der Waals surface area contributed by atoms with Crippen LogP contribution in [0.15, 0.2) is 18.2 Å². The Hall–Kier alpha value is -1.31. The number of unbranched alkanes of at least 4 members (excludes halogenated alkanes) is 1. The molecule has 100 valence electrons. The number of Topliss-reactive ketones (excluding diaryl/α,β-unsaturated/α-hetero) is 1. The Kier molecular flexibility index (Phi) is 5.90. The molecule has 0 aromatic heterocycles. The van der Waals surface area contributed by atoms with Crippen LogP contribution in [-0.2, 0) is 0 Å². The maximum Gasteiger partial charge on any atom is 0.163 e. The lowest BCUT2D eigenvalue weighted by Gasteiger charge is -2.11. The minimum atomic E-state index is 0.241. The maximum atomic E-state index is 12.0. The van der Waals surface area contributed by atoms with Gasteiger partial charge in [0.25, 0.3) is 0 Å². The van der Waals surface area contributed by atoms with Crippen LogP contribution in [0.4, 0.5) is 0 Å². The smallest absolute Gasteiger partial charge is 0.163 e. The molecule has 0 radical (unpaired) electrons. The first-order valence-electron chi connectivity index (χ1n) is 6.81. The zero-order valence-corrected chi connectivity index (χ0v) is 12.0. The molecular formula is C16H24O2. The number of ketones is 1. The molecule has 0 saturated carbocycles. The highest BCUT2D eigenvalue weighted by Crippen LogP contribution is 2.19. The van der Waals surface area contributed by atoms with Crippen LogP contribution in [0.1, 0.15) is 56.0 Å². The van der Waals surface area contributed by atoms with Crippen molar-refractivity contribution in [3.05, 3.63) is 29.3 Å². The van der Waals surface area contributed by atoms with E-state index in [1.807, 2.05) is 25.1 Å². The summed E-state index contributed by atoms with van der Waals surface area (Å²) in [5.41, 5.74) is 1.85. The van der Waals surface area contributed by atoms with Gasteiger partial charge in [0.05, 0.1) is 6.61 Å². The van der Waals surface area contributed by atoms with Gasteiger partial charge in [-0.1, -0.05) is 27.2 Å². The van der Waals surface area contributed by atoms with Crippen LogP contribution in [0.5, 0.6) is 5.75 Å². The van der Waals surface area contributed by atoms with E-state index in [2.05, 4.69) is 20.8 Å². The van der Waals surface area contributed by atoms with E-state index in [0.717, 1.165) is 29.7 Å². The average molecular weight is 248 g/mol. The topological polar surface area (TPSA) is 26.3 Å². The van der Waals surface area contributed by atoms with Gasteiger partial charge >= 0.3 is 0 Å². The number of carbonyl (C=O) groups is 1. The number of aryl methyl sites for hydroxylation is 1. The summed E-state index contributed by atoms with van der Waals surface area (Å²) in [4.78, 5) is 12.0. The molecule has 2 heteroatoms. The van der Waals surface area contributed by atoms with Gasteiger partial charge in [0, 0.05) is 12.0 Å². The Morgan fingerprint density at radius 1 is 1.33 bits per heavy atom. The monoisotopic (exact) mass is 248 g/mol. The van der Waals surface area contributed by atoms with Gasteiger partial charge < -0.3 is 4.74 Å². The van der Waals surface area contributed by atoms with E-state index < -0.39 is 0 Å². The molecule has 0 aliphatic carbocycles. The molecule has 1 aromatic rings. The fourth-order valence-electron chi connectivity index (χ4n) is 1.77. The first-order chi connectivity index (χ1) is 8.54. The first-order valence-corrected chi connectivity index (χ1v) is 6.81. The maximum absolute atomic E-state index is 12.0. The van der Waals surface area contributed by atoms with Crippen LogP contribution < -0.4 is 4.74 Å². The number of hydrogen-bond acceptors (Lipinski definition) is 2. The average Bonchev–Trinajstić information content (AvgIpc) is 2.33. The van der Waals surface area contributed by atoms with Gasteiger partial charge in [0.2, 0.25) is 0 Å². The molecule has 0 unspecified atom stereocenters. The van der Waals surface area contributed by atoms with E-state index in [0.29, 0.717) is 18.9 Å². The van der Waals surface area contributed by atoms with Crippen LogP contribution in [0.2, 0.25) is 0 Å². The lowest BCUT2D eigenvalue weighted by molar-refractivity contribution is 0.0979. The Labute approximate surface area is 110 Å². The third-order valence-electron chi connectivity index (χ3n) is 2.84. The number of carbonyl (C=O) groups excluding carboxylic acids is 1. The van der Waals surface area contributed by atoms with E-state index in [1.165, 1.54) is 0 Å². The molecule has 0 amide bonds. The van der Waals surface area contributed by atoms with Gasteiger partial charge in [-0.25, -0.2) is 0 Å². The lowest BCUT2D eigenvalue weighted by Crippen LogP contribution is -2.06. The zero-order chi connectivity index (χ0) is 13.5. The SMILES string of the molecule is CCCCC(=O)c1ccc(OCC(C)C)cc1C. The summed E-state index contributed by atoms with van der Waals surface area (Å²) in [6.07, 6.45) is 2.66. The van der Waals surface area contributed by atoms with Crippen molar-refractivity contribution in [2.24, 2.45) is 5.92 Å². The molecule has 1 aromatic carbocycles. The molecule has 0 saturated heterocycles. The molecule has 2 nitrogen and oxygen atoms in total. The highest BCUT2D eigenvalue weighted by atomic mass is 16.5. The Morgan fingerprint density at radius 2 is 2.06 bits per heavy atom. The second-order valence-electron chi connectivity index (χ2n) is 5.21. The zero-order valence-electron chi connectivity index (χ0n) is 12.0. The van der Waals surface area contributed by atoms with Gasteiger partial charge in [0.15, 0.2) is 5.78 Å². The van der Waals surface area contributed by atoms with E-state index in [9.17, 15) is 4.79 Å². The van der Waals surface area contributed by atoms with Crippen LogP contribution in [0, 0.1) is 12.8 Å². The molecule has 0 N–H and O–H groups in total. The van der Waals surface area contributed by atoms with Crippen molar-refractivity contribution in [3.63, 3.8) is 0 Å². The molecule has 1 rings (SSSR count).